The van der Waals surface area contributed by atoms with E-state index in [2.05, 4.69) is 58.6 Å². The number of halogens is 1. The number of nitrogens with zero attached hydrogens (tertiary/aromatic N) is 3. The lowest BCUT2D eigenvalue weighted by atomic mass is 10.0. The summed E-state index contributed by atoms with van der Waals surface area (Å²) in [6, 6.07) is 0.467. The lowest BCUT2D eigenvalue weighted by molar-refractivity contribution is 0.499. The highest BCUT2D eigenvalue weighted by atomic mass is 79.9. The highest BCUT2D eigenvalue weighted by Gasteiger charge is 2.13. The third kappa shape index (κ3) is 3.74. The summed E-state index contributed by atoms with van der Waals surface area (Å²) in [4.78, 5) is 10.9. The number of anilines is 1. The van der Waals surface area contributed by atoms with E-state index in [1.54, 1.807) is 0 Å². The van der Waals surface area contributed by atoms with Crippen molar-refractivity contribution in [3.63, 3.8) is 0 Å². The molecule has 1 atom stereocenters. The number of hydrogen-bond acceptors (Lipinski definition) is 3. The molecule has 90 valence electrons. The van der Waals surface area contributed by atoms with E-state index in [9.17, 15) is 0 Å². The van der Waals surface area contributed by atoms with E-state index < -0.39 is 0 Å². The van der Waals surface area contributed by atoms with Crippen LogP contribution in [0.5, 0.6) is 0 Å². The maximum atomic E-state index is 4.36. The van der Waals surface area contributed by atoms with Crippen LogP contribution in [0.15, 0.2) is 12.4 Å². The highest BCUT2D eigenvalue weighted by Crippen LogP contribution is 2.15. The molecule has 0 aliphatic rings. The Balaban J connectivity index is 2.67. The summed E-state index contributed by atoms with van der Waals surface area (Å²) in [5.41, 5.74) is 1.11. The summed E-state index contributed by atoms with van der Waals surface area (Å²) in [5, 5.41) is 0.804. The van der Waals surface area contributed by atoms with Gasteiger partial charge in [-0.25, -0.2) is 9.97 Å². The quantitative estimate of drug-likeness (QED) is 0.778. The first-order chi connectivity index (χ1) is 7.54. The zero-order valence-corrected chi connectivity index (χ0v) is 12.0. The molecule has 0 radical (unpaired) electrons. The van der Waals surface area contributed by atoms with Crippen molar-refractivity contribution >= 4 is 21.9 Å². The van der Waals surface area contributed by atoms with Crippen molar-refractivity contribution in [2.75, 3.05) is 11.9 Å². The van der Waals surface area contributed by atoms with E-state index in [0.29, 0.717) is 12.0 Å². The van der Waals surface area contributed by atoms with Crippen LogP contribution in [-0.4, -0.2) is 23.1 Å². The minimum Gasteiger partial charge on any atom is -0.341 e. The fraction of sp³-hybridized carbons (Fsp3) is 0.667. The largest absolute Gasteiger partial charge is 0.341 e. The predicted molar refractivity (Wildman–Crippen MR) is 72.0 cm³/mol. The summed E-state index contributed by atoms with van der Waals surface area (Å²) in [7, 11) is 2.05. The minimum absolute atomic E-state index is 0.467. The van der Waals surface area contributed by atoms with Gasteiger partial charge < -0.3 is 4.90 Å². The molecule has 0 aliphatic carbocycles. The van der Waals surface area contributed by atoms with Gasteiger partial charge in [-0.05, 0) is 24.8 Å². The van der Waals surface area contributed by atoms with E-state index in [0.717, 1.165) is 23.3 Å². The van der Waals surface area contributed by atoms with E-state index in [-0.39, 0.29) is 0 Å². The molecule has 0 saturated heterocycles. The summed E-state index contributed by atoms with van der Waals surface area (Å²) >= 11 is 3.39. The highest BCUT2D eigenvalue weighted by molar-refractivity contribution is 9.08. The van der Waals surface area contributed by atoms with Crippen LogP contribution in [0.2, 0.25) is 0 Å². The number of rotatable bonds is 5. The Hall–Kier alpha value is -0.640. The number of alkyl halides is 1. The Morgan fingerprint density at radius 2 is 1.81 bits per heavy atom. The van der Waals surface area contributed by atoms with Crippen molar-refractivity contribution < 1.29 is 0 Å². The molecule has 0 N–H and O–H groups in total. The van der Waals surface area contributed by atoms with Gasteiger partial charge in [0.25, 0.3) is 0 Å². The standard InChI is InChI=1S/C12H20BrN3/c1-9(2)5-10(3)16(4)12-14-7-11(6-13)8-15-12/h7-10H,5-6H2,1-4H3. The van der Waals surface area contributed by atoms with Crippen LogP contribution < -0.4 is 4.90 Å². The van der Waals surface area contributed by atoms with Crippen LogP contribution in [0.1, 0.15) is 32.8 Å². The van der Waals surface area contributed by atoms with Crippen molar-refractivity contribution in [1.82, 2.24) is 9.97 Å². The molecular formula is C12H20BrN3. The molecule has 0 fully saturated rings. The van der Waals surface area contributed by atoms with Crippen molar-refractivity contribution in [2.45, 2.75) is 38.6 Å². The summed E-state index contributed by atoms with van der Waals surface area (Å²) in [5.74, 6) is 1.50. The molecule has 1 heterocycles. The maximum absolute atomic E-state index is 4.36. The molecule has 1 unspecified atom stereocenters. The van der Waals surface area contributed by atoms with Gasteiger partial charge in [0, 0.05) is 30.8 Å². The van der Waals surface area contributed by atoms with Crippen LogP contribution in [0.4, 0.5) is 5.95 Å². The Morgan fingerprint density at radius 1 is 1.25 bits per heavy atom. The van der Waals surface area contributed by atoms with E-state index >= 15 is 0 Å². The fourth-order valence-corrected chi connectivity index (χ4v) is 1.93. The lowest BCUT2D eigenvalue weighted by Gasteiger charge is -2.26. The second-order valence-corrected chi connectivity index (χ2v) is 5.18. The van der Waals surface area contributed by atoms with Gasteiger partial charge in [0.05, 0.1) is 0 Å². The third-order valence-corrected chi connectivity index (χ3v) is 3.28. The molecule has 16 heavy (non-hydrogen) atoms. The van der Waals surface area contributed by atoms with Crippen LogP contribution in [0, 0.1) is 5.92 Å². The molecule has 1 aromatic rings. The van der Waals surface area contributed by atoms with Crippen molar-refractivity contribution in [1.29, 1.82) is 0 Å². The zero-order chi connectivity index (χ0) is 12.1. The molecule has 1 aromatic heterocycles. The van der Waals surface area contributed by atoms with E-state index in [1.165, 1.54) is 0 Å². The summed E-state index contributed by atoms with van der Waals surface area (Å²) in [6.45, 7) is 6.68. The molecule has 3 nitrogen and oxygen atoms in total. The first-order valence-corrected chi connectivity index (χ1v) is 6.76. The predicted octanol–water partition coefficient (Wildman–Crippen LogP) is 3.24. The molecule has 0 amide bonds. The van der Waals surface area contributed by atoms with Crippen molar-refractivity contribution in [2.24, 2.45) is 5.92 Å². The smallest absolute Gasteiger partial charge is 0.225 e. The van der Waals surface area contributed by atoms with Gasteiger partial charge >= 0.3 is 0 Å². The molecule has 1 rings (SSSR count). The second kappa shape index (κ2) is 6.18. The van der Waals surface area contributed by atoms with Crippen LogP contribution in [-0.2, 0) is 5.33 Å². The summed E-state index contributed by atoms with van der Waals surface area (Å²) < 4.78 is 0. The van der Waals surface area contributed by atoms with Gasteiger partial charge in [-0.15, -0.1) is 0 Å². The Morgan fingerprint density at radius 3 is 2.25 bits per heavy atom. The molecule has 0 aromatic carbocycles. The lowest BCUT2D eigenvalue weighted by Crippen LogP contribution is -2.31. The molecule has 0 spiro atoms. The van der Waals surface area contributed by atoms with Crippen LogP contribution >= 0.6 is 15.9 Å². The van der Waals surface area contributed by atoms with Gasteiger partial charge in [-0.2, -0.15) is 0 Å². The molecule has 0 aliphatic heterocycles. The number of aromatic nitrogens is 2. The SMILES string of the molecule is CC(C)CC(C)N(C)c1ncc(CBr)cn1. The average Bonchev–Trinajstić information content (AvgIpc) is 2.27. The van der Waals surface area contributed by atoms with Crippen LogP contribution in [0.25, 0.3) is 0 Å². The van der Waals surface area contributed by atoms with E-state index in [1.807, 2.05) is 12.4 Å². The normalized spacial score (nSPS) is 12.9. The van der Waals surface area contributed by atoms with Gasteiger partial charge in [0.2, 0.25) is 5.95 Å². The van der Waals surface area contributed by atoms with Crippen LogP contribution in [0.3, 0.4) is 0 Å². The molecule has 4 heteroatoms. The van der Waals surface area contributed by atoms with Gasteiger partial charge in [-0.1, -0.05) is 29.8 Å². The summed E-state index contributed by atoms with van der Waals surface area (Å²) in [6.07, 6.45) is 4.89. The number of hydrogen-bond donors (Lipinski definition) is 0. The maximum Gasteiger partial charge on any atom is 0.225 e. The topological polar surface area (TPSA) is 29.0 Å². The first kappa shape index (κ1) is 13.4. The Labute approximate surface area is 106 Å². The second-order valence-electron chi connectivity index (χ2n) is 4.61. The van der Waals surface area contributed by atoms with Gasteiger partial charge in [-0.3, -0.25) is 0 Å². The van der Waals surface area contributed by atoms with E-state index in [4.69, 9.17) is 0 Å². The van der Waals surface area contributed by atoms with Crippen molar-refractivity contribution in [3.8, 4) is 0 Å². The molecular weight excluding hydrogens is 266 g/mol. The van der Waals surface area contributed by atoms with Gasteiger partial charge in [0.1, 0.15) is 0 Å². The Kier molecular flexibility index (Phi) is 5.19. The molecule has 0 saturated carbocycles. The fourth-order valence-electron chi connectivity index (χ4n) is 1.64. The molecule has 0 bridgehead atoms. The average molecular weight is 286 g/mol. The van der Waals surface area contributed by atoms with Gasteiger partial charge in [0.15, 0.2) is 0 Å². The monoisotopic (exact) mass is 285 g/mol. The third-order valence-electron chi connectivity index (χ3n) is 2.64. The van der Waals surface area contributed by atoms with Crippen molar-refractivity contribution in [3.05, 3.63) is 18.0 Å². The zero-order valence-electron chi connectivity index (χ0n) is 10.4. The Bertz CT molecular complexity index is 311. The first-order valence-electron chi connectivity index (χ1n) is 5.64. The minimum atomic E-state index is 0.467.